The largest absolute Gasteiger partial charge is 0.381 e. The van der Waals surface area contributed by atoms with Crippen molar-refractivity contribution in [1.82, 2.24) is 15.2 Å². The maximum absolute atomic E-state index is 5.45. The van der Waals surface area contributed by atoms with Gasteiger partial charge in [0.05, 0.1) is 0 Å². The van der Waals surface area contributed by atoms with Crippen LogP contribution < -0.4 is 5.73 Å². The van der Waals surface area contributed by atoms with Crippen LogP contribution in [0.15, 0.2) is 0 Å². The van der Waals surface area contributed by atoms with Gasteiger partial charge < -0.3 is 10.5 Å². The van der Waals surface area contributed by atoms with Gasteiger partial charge in [-0.15, -0.1) is 0 Å². The summed E-state index contributed by atoms with van der Waals surface area (Å²) in [5.41, 5.74) is 5.45. The molecular weight excluding hydrogens is 192 g/mol. The van der Waals surface area contributed by atoms with Crippen LogP contribution in [0.25, 0.3) is 0 Å². The van der Waals surface area contributed by atoms with Crippen molar-refractivity contribution in [1.29, 1.82) is 0 Å². The predicted octanol–water partition coefficient (Wildman–Crippen LogP) is 0.590. The van der Waals surface area contributed by atoms with Crippen LogP contribution in [-0.2, 0) is 11.2 Å². The summed E-state index contributed by atoms with van der Waals surface area (Å²) in [7, 11) is 0. The van der Waals surface area contributed by atoms with Gasteiger partial charge in [0.25, 0.3) is 0 Å². The Labute approximate surface area is 89.4 Å². The lowest BCUT2D eigenvalue weighted by atomic mass is 10.00. The molecular formula is C10H18N4O. The molecule has 1 aromatic heterocycles. The summed E-state index contributed by atoms with van der Waals surface area (Å²) in [4.78, 5) is 4.49. The van der Waals surface area contributed by atoms with E-state index in [1.807, 2.05) is 0 Å². The van der Waals surface area contributed by atoms with Gasteiger partial charge in [0.15, 0.2) is 5.82 Å². The molecule has 0 unspecified atom stereocenters. The first-order valence-corrected chi connectivity index (χ1v) is 5.59. The highest BCUT2D eigenvalue weighted by molar-refractivity contribution is 4.99. The topological polar surface area (TPSA) is 76.8 Å². The lowest BCUT2D eigenvalue weighted by Gasteiger charge is -2.18. The standard InChI is InChI=1S/C10H18N4O/c11-5-1-2-9-12-10(14-13-9)8-3-6-15-7-4-8/h8H,1-7,11H2,(H,12,13,14). The number of ether oxygens (including phenoxy) is 1. The number of aromatic nitrogens is 3. The van der Waals surface area contributed by atoms with Gasteiger partial charge in [-0.25, -0.2) is 4.98 Å². The summed E-state index contributed by atoms with van der Waals surface area (Å²) in [5.74, 6) is 2.38. The van der Waals surface area contributed by atoms with Crippen LogP contribution in [-0.4, -0.2) is 34.9 Å². The number of rotatable bonds is 4. The predicted molar refractivity (Wildman–Crippen MR) is 56.6 cm³/mol. The van der Waals surface area contributed by atoms with Crippen LogP contribution in [0.1, 0.15) is 36.8 Å². The van der Waals surface area contributed by atoms with E-state index in [1.54, 1.807) is 0 Å². The molecule has 84 valence electrons. The number of hydrogen-bond donors (Lipinski definition) is 2. The van der Waals surface area contributed by atoms with E-state index >= 15 is 0 Å². The van der Waals surface area contributed by atoms with Crippen molar-refractivity contribution in [2.75, 3.05) is 19.8 Å². The quantitative estimate of drug-likeness (QED) is 0.762. The van der Waals surface area contributed by atoms with E-state index in [1.165, 1.54) is 0 Å². The minimum absolute atomic E-state index is 0.474. The summed E-state index contributed by atoms with van der Waals surface area (Å²) in [5, 5.41) is 7.24. The molecule has 5 heteroatoms. The number of aryl methyl sites for hydroxylation is 1. The maximum Gasteiger partial charge on any atom is 0.153 e. The van der Waals surface area contributed by atoms with Crippen LogP contribution in [0.2, 0.25) is 0 Å². The molecule has 5 nitrogen and oxygen atoms in total. The van der Waals surface area contributed by atoms with Gasteiger partial charge in [0.1, 0.15) is 5.82 Å². The maximum atomic E-state index is 5.45. The summed E-state index contributed by atoms with van der Waals surface area (Å²) >= 11 is 0. The number of hydrogen-bond acceptors (Lipinski definition) is 4. The number of aromatic amines is 1. The van der Waals surface area contributed by atoms with Gasteiger partial charge in [-0.2, -0.15) is 5.10 Å². The fraction of sp³-hybridized carbons (Fsp3) is 0.800. The number of nitrogens with two attached hydrogens (primary N) is 1. The third-order valence-corrected chi connectivity index (χ3v) is 2.75. The second-order valence-corrected chi connectivity index (χ2v) is 3.92. The van der Waals surface area contributed by atoms with Crippen LogP contribution in [0.3, 0.4) is 0 Å². The fourth-order valence-electron chi connectivity index (χ4n) is 1.83. The van der Waals surface area contributed by atoms with Gasteiger partial charge >= 0.3 is 0 Å². The monoisotopic (exact) mass is 210 g/mol. The molecule has 0 atom stereocenters. The first kappa shape index (κ1) is 10.6. The highest BCUT2D eigenvalue weighted by atomic mass is 16.5. The zero-order valence-electron chi connectivity index (χ0n) is 8.91. The first-order valence-electron chi connectivity index (χ1n) is 5.59. The Kier molecular flexibility index (Phi) is 3.69. The highest BCUT2D eigenvalue weighted by Gasteiger charge is 2.19. The van der Waals surface area contributed by atoms with Crippen LogP contribution in [0.5, 0.6) is 0 Å². The molecule has 0 radical (unpaired) electrons. The van der Waals surface area contributed by atoms with E-state index in [-0.39, 0.29) is 0 Å². The Bertz CT molecular complexity index is 293. The third-order valence-electron chi connectivity index (χ3n) is 2.75. The molecule has 1 aliphatic heterocycles. The molecule has 2 rings (SSSR count). The lowest BCUT2D eigenvalue weighted by Crippen LogP contribution is -2.15. The number of nitrogens with one attached hydrogen (secondary N) is 1. The van der Waals surface area contributed by atoms with Crippen molar-refractivity contribution in [3.05, 3.63) is 11.6 Å². The Balaban J connectivity index is 1.93. The van der Waals surface area contributed by atoms with E-state index in [0.29, 0.717) is 12.5 Å². The van der Waals surface area contributed by atoms with Crippen molar-refractivity contribution in [2.24, 2.45) is 5.73 Å². The van der Waals surface area contributed by atoms with Crippen LogP contribution in [0.4, 0.5) is 0 Å². The Morgan fingerprint density at radius 2 is 2.20 bits per heavy atom. The van der Waals surface area contributed by atoms with E-state index in [2.05, 4.69) is 15.2 Å². The van der Waals surface area contributed by atoms with E-state index in [9.17, 15) is 0 Å². The molecule has 0 saturated carbocycles. The summed E-state index contributed by atoms with van der Waals surface area (Å²) in [6, 6.07) is 0. The van der Waals surface area contributed by atoms with Gasteiger partial charge in [-0.1, -0.05) is 0 Å². The molecule has 1 aromatic rings. The summed E-state index contributed by atoms with van der Waals surface area (Å²) in [6.45, 7) is 2.36. The molecule has 0 aliphatic carbocycles. The van der Waals surface area contributed by atoms with Crippen LogP contribution in [0, 0.1) is 0 Å². The number of H-pyrrole nitrogens is 1. The van der Waals surface area contributed by atoms with Crippen molar-refractivity contribution in [2.45, 2.75) is 31.6 Å². The fourth-order valence-corrected chi connectivity index (χ4v) is 1.83. The van der Waals surface area contributed by atoms with E-state index in [0.717, 1.165) is 50.5 Å². The minimum atomic E-state index is 0.474. The number of nitrogens with zero attached hydrogens (tertiary/aromatic N) is 2. The molecule has 0 bridgehead atoms. The Morgan fingerprint density at radius 1 is 1.40 bits per heavy atom. The van der Waals surface area contributed by atoms with E-state index in [4.69, 9.17) is 10.5 Å². The SMILES string of the molecule is NCCCc1nc(C2CCOCC2)n[nH]1. The minimum Gasteiger partial charge on any atom is -0.381 e. The van der Waals surface area contributed by atoms with Crippen molar-refractivity contribution >= 4 is 0 Å². The molecule has 0 spiro atoms. The molecule has 1 fully saturated rings. The van der Waals surface area contributed by atoms with Crippen molar-refractivity contribution in [3.63, 3.8) is 0 Å². The zero-order chi connectivity index (χ0) is 10.5. The Hall–Kier alpha value is -0.940. The van der Waals surface area contributed by atoms with Gasteiger partial charge in [-0.05, 0) is 25.8 Å². The zero-order valence-corrected chi connectivity index (χ0v) is 8.91. The molecule has 1 aliphatic rings. The molecule has 2 heterocycles. The van der Waals surface area contributed by atoms with Crippen molar-refractivity contribution in [3.8, 4) is 0 Å². The van der Waals surface area contributed by atoms with Crippen LogP contribution >= 0.6 is 0 Å². The summed E-state index contributed by atoms with van der Waals surface area (Å²) < 4.78 is 5.31. The van der Waals surface area contributed by atoms with Gasteiger partial charge in [0.2, 0.25) is 0 Å². The molecule has 15 heavy (non-hydrogen) atoms. The first-order chi connectivity index (χ1) is 7.40. The highest BCUT2D eigenvalue weighted by Crippen LogP contribution is 2.23. The second kappa shape index (κ2) is 5.23. The molecule has 3 N–H and O–H groups in total. The van der Waals surface area contributed by atoms with Crippen molar-refractivity contribution < 1.29 is 4.74 Å². The summed E-state index contributed by atoms with van der Waals surface area (Å²) in [6.07, 6.45) is 3.93. The second-order valence-electron chi connectivity index (χ2n) is 3.92. The molecule has 1 saturated heterocycles. The average Bonchev–Trinajstić information content (AvgIpc) is 2.76. The van der Waals surface area contributed by atoms with Gasteiger partial charge in [-0.3, -0.25) is 5.10 Å². The molecule has 0 aromatic carbocycles. The lowest BCUT2D eigenvalue weighted by molar-refractivity contribution is 0.0836. The van der Waals surface area contributed by atoms with Gasteiger partial charge in [0, 0.05) is 25.6 Å². The van der Waals surface area contributed by atoms with E-state index < -0.39 is 0 Å². The normalized spacial score (nSPS) is 18.2. The smallest absolute Gasteiger partial charge is 0.153 e. The molecule has 0 amide bonds. The third kappa shape index (κ3) is 2.76. The average molecular weight is 210 g/mol. The Morgan fingerprint density at radius 3 is 2.93 bits per heavy atom.